The molecular formula is C28H23NO4S. The van der Waals surface area contributed by atoms with E-state index in [0.29, 0.717) is 0 Å². The van der Waals surface area contributed by atoms with E-state index in [2.05, 4.69) is 0 Å². The fraction of sp³-hybridized carbons (Fsp3) is 0.179. The maximum Gasteiger partial charge on any atom is 0.411 e. The van der Waals surface area contributed by atoms with Crippen LogP contribution >= 0.6 is 0 Å². The van der Waals surface area contributed by atoms with Crippen molar-refractivity contribution in [3.05, 3.63) is 113 Å². The first-order valence-electron chi connectivity index (χ1n) is 11.2. The van der Waals surface area contributed by atoms with Crippen molar-refractivity contribution in [3.63, 3.8) is 0 Å². The summed E-state index contributed by atoms with van der Waals surface area (Å²) in [5.74, 6) is 0. The van der Waals surface area contributed by atoms with E-state index in [-0.39, 0.29) is 18.0 Å². The Morgan fingerprint density at radius 3 is 2.24 bits per heavy atom. The second-order valence-corrected chi connectivity index (χ2v) is 11.1. The first-order chi connectivity index (χ1) is 16.4. The van der Waals surface area contributed by atoms with Crippen LogP contribution in [0.1, 0.15) is 27.5 Å². The minimum atomic E-state index is -3.92. The summed E-state index contributed by atoms with van der Waals surface area (Å²) in [5.41, 5.74) is 2.10. The number of carbonyl (C=O) groups excluding carboxylic acids is 1. The third-order valence-corrected chi connectivity index (χ3v) is 9.30. The third kappa shape index (κ3) is 2.91. The van der Waals surface area contributed by atoms with Gasteiger partial charge < -0.3 is 4.74 Å². The predicted octanol–water partition coefficient (Wildman–Crippen LogP) is 5.52. The first kappa shape index (κ1) is 20.9. The number of hydrogen-bond acceptors (Lipinski definition) is 4. The van der Waals surface area contributed by atoms with Gasteiger partial charge in [0.25, 0.3) is 0 Å². The molecule has 0 aromatic heterocycles. The van der Waals surface area contributed by atoms with Gasteiger partial charge in [-0.05, 0) is 58.7 Å². The number of benzene rings is 4. The highest BCUT2D eigenvalue weighted by molar-refractivity contribution is 7.91. The number of ether oxygens (including phenoxy) is 1. The lowest BCUT2D eigenvalue weighted by molar-refractivity contribution is 0.132. The summed E-state index contributed by atoms with van der Waals surface area (Å²) in [6.45, 7) is 2.18. The number of cyclic esters (lactones) is 1. The molecule has 2 aliphatic rings. The lowest BCUT2D eigenvalue weighted by Gasteiger charge is -2.46. The van der Waals surface area contributed by atoms with E-state index in [1.807, 2.05) is 73.7 Å². The fourth-order valence-electron chi connectivity index (χ4n) is 5.43. The Hall–Kier alpha value is -3.64. The van der Waals surface area contributed by atoms with Crippen molar-refractivity contribution < 1.29 is 17.9 Å². The molecule has 2 aliphatic heterocycles. The van der Waals surface area contributed by atoms with E-state index in [9.17, 15) is 13.2 Å². The van der Waals surface area contributed by atoms with Crippen LogP contribution in [-0.4, -0.2) is 26.0 Å². The molecule has 4 aromatic rings. The molecule has 34 heavy (non-hydrogen) atoms. The van der Waals surface area contributed by atoms with Crippen LogP contribution in [0.2, 0.25) is 0 Å². The number of sulfone groups is 1. The van der Waals surface area contributed by atoms with Crippen LogP contribution in [0.5, 0.6) is 0 Å². The first-order valence-corrected chi connectivity index (χ1v) is 12.8. The molecule has 6 rings (SSSR count). The molecule has 1 fully saturated rings. The average Bonchev–Trinajstić information content (AvgIpc) is 3.18. The van der Waals surface area contributed by atoms with Crippen molar-refractivity contribution in [2.45, 2.75) is 29.2 Å². The lowest BCUT2D eigenvalue weighted by Crippen LogP contribution is -2.54. The monoisotopic (exact) mass is 469 g/mol. The molecule has 5 nitrogen and oxygen atoms in total. The van der Waals surface area contributed by atoms with Gasteiger partial charge in [-0.1, -0.05) is 72.3 Å². The number of nitrogens with zero attached hydrogens (tertiary/aromatic N) is 1. The van der Waals surface area contributed by atoms with Crippen LogP contribution < -0.4 is 0 Å². The zero-order valence-electron chi connectivity index (χ0n) is 18.6. The van der Waals surface area contributed by atoms with Gasteiger partial charge in [0.1, 0.15) is 17.4 Å². The Morgan fingerprint density at radius 2 is 1.53 bits per heavy atom. The second kappa shape index (κ2) is 7.43. The summed E-state index contributed by atoms with van der Waals surface area (Å²) in [6.07, 6.45) is -0.494. The molecule has 170 valence electrons. The molecular weight excluding hydrogens is 446 g/mol. The van der Waals surface area contributed by atoms with E-state index < -0.39 is 26.7 Å². The number of rotatable bonds is 3. The third-order valence-electron chi connectivity index (χ3n) is 7.10. The van der Waals surface area contributed by atoms with Gasteiger partial charge in [-0.2, -0.15) is 0 Å². The van der Waals surface area contributed by atoms with Crippen LogP contribution in [0.25, 0.3) is 10.8 Å². The maximum atomic E-state index is 14.4. The summed E-state index contributed by atoms with van der Waals surface area (Å²) in [4.78, 5) is 14.9. The van der Waals surface area contributed by atoms with E-state index in [1.165, 1.54) is 0 Å². The van der Waals surface area contributed by atoms with E-state index in [1.54, 1.807) is 29.2 Å². The van der Waals surface area contributed by atoms with Crippen molar-refractivity contribution in [1.82, 2.24) is 4.90 Å². The summed E-state index contributed by atoms with van der Waals surface area (Å²) >= 11 is 0. The van der Waals surface area contributed by atoms with Gasteiger partial charge in [0.05, 0.1) is 11.4 Å². The van der Waals surface area contributed by atoms with Crippen molar-refractivity contribution in [1.29, 1.82) is 0 Å². The minimum absolute atomic E-state index is 0.0299. The normalized spacial score (nSPS) is 21.7. The molecule has 2 atom stereocenters. The van der Waals surface area contributed by atoms with Gasteiger partial charge in [-0.15, -0.1) is 0 Å². The second-order valence-electron chi connectivity index (χ2n) is 9.07. The Labute approximate surface area is 198 Å². The molecule has 0 saturated carbocycles. The Balaban J connectivity index is 1.70. The van der Waals surface area contributed by atoms with Crippen molar-refractivity contribution in [2.75, 3.05) is 6.61 Å². The summed E-state index contributed by atoms with van der Waals surface area (Å²) in [7, 11) is -3.92. The highest BCUT2D eigenvalue weighted by Gasteiger charge is 2.61. The van der Waals surface area contributed by atoms with Crippen LogP contribution in [0, 0.1) is 6.92 Å². The summed E-state index contributed by atoms with van der Waals surface area (Å²) in [6, 6.07) is 28.2. The molecule has 1 saturated heterocycles. The van der Waals surface area contributed by atoms with E-state index >= 15 is 0 Å². The zero-order valence-corrected chi connectivity index (χ0v) is 19.5. The molecule has 2 heterocycles. The SMILES string of the molecule is Cc1ccc(S(=O)(=O)[C@@H]2c3cc4ccccc4cc3CN3C(=O)OC[C@@]23c2ccccc2)cc1. The molecule has 0 N–H and O–H groups in total. The minimum Gasteiger partial charge on any atom is -0.446 e. The molecule has 0 spiro atoms. The highest BCUT2D eigenvalue weighted by Crippen LogP contribution is 2.55. The van der Waals surface area contributed by atoms with Gasteiger partial charge >= 0.3 is 6.09 Å². The largest absolute Gasteiger partial charge is 0.446 e. The average molecular weight is 470 g/mol. The van der Waals surface area contributed by atoms with Crippen LogP contribution in [-0.2, 0) is 26.7 Å². The van der Waals surface area contributed by atoms with Crippen molar-refractivity contribution in [3.8, 4) is 0 Å². The number of carbonyl (C=O) groups is 1. The van der Waals surface area contributed by atoms with Gasteiger partial charge in [0, 0.05) is 0 Å². The number of amides is 1. The fourth-order valence-corrected chi connectivity index (χ4v) is 7.62. The van der Waals surface area contributed by atoms with Gasteiger partial charge in [-0.3, -0.25) is 4.90 Å². The molecule has 1 amide bonds. The molecule has 0 bridgehead atoms. The Morgan fingerprint density at radius 1 is 0.882 bits per heavy atom. The zero-order chi connectivity index (χ0) is 23.5. The Kier molecular flexibility index (Phi) is 4.58. The number of fused-ring (bicyclic) bond motifs is 3. The van der Waals surface area contributed by atoms with Crippen molar-refractivity contribution in [2.24, 2.45) is 0 Å². The lowest BCUT2D eigenvalue weighted by atomic mass is 9.78. The van der Waals surface area contributed by atoms with Gasteiger partial charge in [-0.25, -0.2) is 13.2 Å². The van der Waals surface area contributed by atoms with Crippen LogP contribution in [0.15, 0.2) is 95.9 Å². The number of aryl methyl sites for hydroxylation is 1. The topological polar surface area (TPSA) is 63.7 Å². The molecule has 0 unspecified atom stereocenters. The predicted molar refractivity (Wildman–Crippen MR) is 130 cm³/mol. The van der Waals surface area contributed by atoms with Crippen LogP contribution in [0.3, 0.4) is 0 Å². The smallest absolute Gasteiger partial charge is 0.411 e. The molecule has 6 heteroatoms. The van der Waals surface area contributed by atoms with E-state index in [0.717, 1.165) is 33.0 Å². The standard InChI is InChI=1S/C28H23NO4S/c1-19-11-13-24(14-12-19)34(31,32)26-25-16-21-8-6-5-7-20(21)15-22(25)17-29-27(30)33-18-28(26,29)23-9-3-2-4-10-23/h2-16,26H,17-18H2,1H3/t26-,28-/m1/s1. The number of hydrogen-bond donors (Lipinski definition) is 0. The van der Waals surface area contributed by atoms with E-state index in [4.69, 9.17) is 4.74 Å². The van der Waals surface area contributed by atoms with Crippen molar-refractivity contribution >= 4 is 26.7 Å². The summed E-state index contributed by atoms with van der Waals surface area (Å²) in [5, 5.41) is 0.949. The van der Waals surface area contributed by atoms with Gasteiger partial charge in [0.2, 0.25) is 0 Å². The summed E-state index contributed by atoms with van der Waals surface area (Å²) < 4.78 is 34.5. The molecule has 0 aliphatic carbocycles. The van der Waals surface area contributed by atoms with Crippen LogP contribution in [0.4, 0.5) is 4.79 Å². The molecule has 4 aromatic carbocycles. The quantitative estimate of drug-likeness (QED) is 0.396. The van der Waals surface area contributed by atoms with Gasteiger partial charge in [0.15, 0.2) is 9.84 Å². The molecule has 0 radical (unpaired) electrons. The maximum absolute atomic E-state index is 14.4. The highest BCUT2D eigenvalue weighted by atomic mass is 32.2. The Bertz CT molecular complexity index is 1530.